The maximum atomic E-state index is 13.0. The van der Waals surface area contributed by atoms with Crippen LogP contribution in [0.25, 0.3) is 6.08 Å². The van der Waals surface area contributed by atoms with E-state index in [4.69, 9.17) is 11.6 Å². The zero-order valence-corrected chi connectivity index (χ0v) is 21.3. The lowest BCUT2D eigenvalue weighted by Gasteiger charge is -2.11. The number of hydrogen-bond acceptors (Lipinski definition) is 5. The van der Waals surface area contributed by atoms with Crippen molar-refractivity contribution in [2.24, 2.45) is 0 Å². The summed E-state index contributed by atoms with van der Waals surface area (Å²) in [6.45, 7) is 0. The molecule has 0 unspecified atom stereocenters. The van der Waals surface area contributed by atoms with Gasteiger partial charge in [-0.1, -0.05) is 41.9 Å². The van der Waals surface area contributed by atoms with Gasteiger partial charge in [0.25, 0.3) is 11.8 Å². The van der Waals surface area contributed by atoms with Gasteiger partial charge in [0.2, 0.25) is 0 Å². The average Bonchev–Trinajstić information content (AvgIpc) is 3.41. The second-order valence-electron chi connectivity index (χ2n) is 7.61. The Hall–Kier alpha value is -3.65. The Morgan fingerprint density at radius 1 is 0.889 bits per heavy atom. The first-order valence-electron chi connectivity index (χ1n) is 10.9. The summed E-state index contributed by atoms with van der Waals surface area (Å²) in [5.41, 5.74) is 2.46. The number of benzene rings is 3. The molecular formula is C28H21ClN2O3S2. The topological polar surface area (TPSA) is 75.3 Å². The van der Waals surface area contributed by atoms with E-state index in [0.717, 1.165) is 10.5 Å². The minimum absolute atomic E-state index is 0.0552. The lowest BCUT2D eigenvalue weighted by atomic mass is 10.1. The number of hydrogen-bond donors (Lipinski definition) is 2. The zero-order valence-electron chi connectivity index (χ0n) is 18.9. The summed E-state index contributed by atoms with van der Waals surface area (Å²) in [5.74, 6) is -0.628. The van der Waals surface area contributed by atoms with Gasteiger partial charge in [-0.2, -0.15) is 11.3 Å². The number of carbonyl (C=O) groups excluding carboxylic acids is 3. The number of carbonyl (C=O) groups is 3. The van der Waals surface area contributed by atoms with Crippen molar-refractivity contribution >= 4 is 64.1 Å². The number of rotatable bonds is 9. The highest BCUT2D eigenvalue weighted by atomic mass is 35.5. The fourth-order valence-electron chi connectivity index (χ4n) is 3.21. The first kappa shape index (κ1) is 25.4. The molecule has 0 fully saturated rings. The molecular weight excluding hydrogens is 512 g/mol. The van der Waals surface area contributed by atoms with Crippen LogP contribution in [0.3, 0.4) is 0 Å². The fraction of sp³-hybridized carbons (Fsp3) is 0.0357. The summed E-state index contributed by atoms with van der Waals surface area (Å²) < 4.78 is 0. The number of amides is 2. The summed E-state index contributed by atoms with van der Waals surface area (Å²) in [7, 11) is 0. The predicted octanol–water partition coefficient (Wildman–Crippen LogP) is 6.79. The van der Waals surface area contributed by atoms with Crippen molar-refractivity contribution in [3.8, 4) is 0 Å². The maximum absolute atomic E-state index is 13.0. The zero-order chi connectivity index (χ0) is 25.3. The lowest BCUT2D eigenvalue weighted by molar-refractivity contribution is -0.113. The quantitative estimate of drug-likeness (QED) is 0.141. The van der Waals surface area contributed by atoms with E-state index in [1.54, 1.807) is 66.7 Å². The van der Waals surface area contributed by atoms with Crippen molar-refractivity contribution in [2.45, 2.75) is 4.90 Å². The van der Waals surface area contributed by atoms with E-state index < -0.39 is 5.91 Å². The third kappa shape index (κ3) is 6.95. The molecule has 0 bridgehead atoms. The normalized spacial score (nSPS) is 11.1. The van der Waals surface area contributed by atoms with E-state index in [9.17, 15) is 14.4 Å². The molecule has 0 aliphatic carbocycles. The molecule has 2 N–H and O–H groups in total. The molecule has 4 rings (SSSR count). The van der Waals surface area contributed by atoms with Crippen LogP contribution in [0.15, 0.2) is 106 Å². The van der Waals surface area contributed by atoms with Crippen LogP contribution in [0.5, 0.6) is 0 Å². The van der Waals surface area contributed by atoms with Gasteiger partial charge in [-0.05, 0) is 77.0 Å². The van der Waals surface area contributed by atoms with E-state index in [-0.39, 0.29) is 23.1 Å². The van der Waals surface area contributed by atoms with Crippen molar-refractivity contribution in [3.63, 3.8) is 0 Å². The predicted molar refractivity (Wildman–Crippen MR) is 148 cm³/mol. The largest absolute Gasteiger partial charge is 0.321 e. The van der Waals surface area contributed by atoms with Gasteiger partial charge < -0.3 is 10.6 Å². The highest BCUT2D eigenvalue weighted by Crippen LogP contribution is 2.24. The summed E-state index contributed by atoms with van der Waals surface area (Å²) in [6, 6.07) is 24.7. The molecule has 180 valence electrons. The molecule has 0 atom stereocenters. The third-order valence-electron chi connectivity index (χ3n) is 5.04. The molecule has 1 heterocycles. The van der Waals surface area contributed by atoms with Crippen molar-refractivity contribution in [1.29, 1.82) is 0 Å². The smallest absolute Gasteiger partial charge is 0.272 e. The second kappa shape index (κ2) is 12.4. The highest BCUT2D eigenvalue weighted by Gasteiger charge is 2.15. The Labute approximate surface area is 222 Å². The number of Topliss-reactive ketones (excluding diaryl/α,β-unsaturated/α-hetero) is 1. The van der Waals surface area contributed by atoms with Crippen molar-refractivity contribution < 1.29 is 14.4 Å². The van der Waals surface area contributed by atoms with Gasteiger partial charge in [0.15, 0.2) is 5.78 Å². The summed E-state index contributed by atoms with van der Waals surface area (Å²) in [5, 5.41) is 9.76. The molecule has 8 heteroatoms. The Balaban J connectivity index is 1.41. The molecule has 4 aromatic rings. The monoisotopic (exact) mass is 532 g/mol. The molecule has 36 heavy (non-hydrogen) atoms. The molecule has 3 aromatic carbocycles. The Bertz CT molecular complexity index is 1390. The number of nitrogens with one attached hydrogen (secondary N) is 2. The number of thioether (sulfide) groups is 1. The van der Waals surface area contributed by atoms with Crippen LogP contribution in [0, 0.1) is 0 Å². The van der Waals surface area contributed by atoms with E-state index >= 15 is 0 Å². The first-order chi connectivity index (χ1) is 17.5. The SMILES string of the molecule is O=C(Nc1ccc(SCC(=O)c2ccccc2Cl)cc1)/C(=C/c1ccsc1)NC(=O)c1ccccc1. The standard InChI is InChI=1S/C28H21ClN2O3S2/c29-24-9-5-4-8-23(24)26(32)18-36-22-12-10-21(11-13-22)30-28(34)25(16-19-14-15-35-17-19)31-27(33)20-6-2-1-3-7-20/h1-17H,18H2,(H,30,34)(H,31,33)/b25-16-. The van der Waals surface area contributed by atoms with Gasteiger partial charge in [0.1, 0.15) is 5.70 Å². The van der Waals surface area contributed by atoms with Crippen molar-refractivity contribution in [2.75, 3.05) is 11.1 Å². The fourth-order valence-corrected chi connectivity index (χ4v) is 4.85. The first-order valence-corrected chi connectivity index (χ1v) is 13.2. The summed E-state index contributed by atoms with van der Waals surface area (Å²) in [6.07, 6.45) is 1.64. The molecule has 0 spiro atoms. The lowest BCUT2D eigenvalue weighted by Crippen LogP contribution is -2.30. The summed E-state index contributed by atoms with van der Waals surface area (Å²) >= 11 is 8.99. The van der Waals surface area contributed by atoms with E-state index in [2.05, 4.69) is 10.6 Å². The van der Waals surface area contributed by atoms with Gasteiger partial charge in [0, 0.05) is 21.7 Å². The van der Waals surface area contributed by atoms with Crippen LogP contribution >= 0.6 is 34.7 Å². The van der Waals surface area contributed by atoms with E-state index in [1.165, 1.54) is 23.1 Å². The molecule has 2 amide bonds. The molecule has 0 aliphatic rings. The minimum Gasteiger partial charge on any atom is -0.321 e. The van der Waals surface area contributed by atoms with Crippen LogP contribution in [0.1, 0.15) is 26.3 Å². The van der Waals surface area contributed by atoms with Crippen LogP contribution < -0.4 is 10.6 Å². The van der Waals surface area contributed by atoms with E-state index in [1.807, 2.05) is 35.0 Å². The minimum atomic E-state index is -0.445. The summed E-state index contributed by atoms with van der Waals surface area (Å²) in [4.78, 5) is 39.0. The van der Waals surface area contributed by atoms with E-state index in [0.29, 0.717) is 21.8 Å². The molecule has 0 aliphatic heterocycles. The molecule has 5 nitrogen and oxygen atoms in total. The van der Waals surface area contributed by atoms with Gasteiger partial charge in [-0.3, -0.25) is 14.4 Å². The highest BCUT2D eigenvalue weighted by molar-refractivity contribution is 8.00. The number of halogens is 1. The number of thiophene rings is 1. The van der Waals surface area contributed by atoms with Crippen LogP contribution in [0.2, 0.25) is 5.02 Å². The van der Waals surface area contributed by atoms with Crippen LogP contribution in [-0.4, -0.2) is 23.4 Å². The van der Waals surface area contributed by atoms with Crippen LogP contribution in [0.4, 0.5) is 5.69 Å². The van der Waals surface area contributed by atoms with Gasteiger partial charge in [-0.15, -0.1) is 11.8 Å². The number of ketones is 1. The Kier molecular flexibility index (Phi) is 8.73. The number of anilines is 1. The van der Waals surface area contributed by atoms with Crippen molar-refractivity contribution in [1.82, 2.24) is 5.32 Å². The van der Waals surface area contributed by atoms with Gasteiger partial charge >= 0.3 is 0 Å². The Morgan fingerprint density at radius 3 is 2.31 bits per heavy atom. The third-order valence-corrected chi connectivity index (χ3v) is 7.08. The van der Waals surface area contributed by atoms with Crippen LogP contribution in [-0.2, 0) is 4.79 Å². The molecule has 0 saturated carbocycles. The molecule has 0 saturated heterocycles. The maximum Gasteiger partial charge on any atom is 0.272 e. The van der Waals surface area contributed by atoms with Gasteiger partial charge in [0.05, 0.1) is 10.8 Å². The van der Waals surface area contributed by atoms with Crippen molar-refractivity contribution in [3.05, 3.63) is 123 Å². The molecule has 0 radical (unpaired) electrons. The second-order valence-corrected chi connectivity index (χ2v) is 9.84. The van der Waals surface area contributed by atoms with Gasteiger partial charge in [-0.25, -0.2) is 0 Å². The average molecular weight is 533 g/mol. The molecule has 1 aromatic heterocycles. The Morgan fingerprint density at radius 2 is 1.61 bits per heavy atom.